The molecule has 0 bridgehead atoms. The molecule has 2 aliphatic rings. The second-order valence-corrected chi connectivity index (χ2v) is 11.6. The molecule has 3 N–H and O–H groups in total. The number of piperidine rings is 1. The molecule has 3 heterocycles. The monoisotopic (exact) mass is 465 g/mol. The summed E-state index contributed by atoms with van der Waals surface area (Å²) in [6, 6.07) is 16.1. The molecule has 7 nitrogen and oxygen atoms in total. The number of nitrogens with zero attached hydrogens (tertiary/aromatic N) is 2. The summed E-state index contributed by atoms with van der Waals surface area (Å²) in [5, 5.41) is 8.11. The van der Waals surface area contributed by atoms with Crippen molar-refractivity contribution in [1.29, 1.82) is 0 Å². The van der Waals surface area contributed by atoms with Gasteiger partial charge in [0.25, 0.3) is 10.0 Å². The van der Waals surface area contributed by atoms with Crippen LogP contribution in [0.4, 0.5) is 11.4 Å². The van der Waals surface area contributed by atoms with E-state index in [1.54, 1.807) is 18.2 Å². The van der Waals surface area contributed by atoms with Crippen LogP contribution in [0.3, 0.4) is 0 Å². The molecule has 0 radical (unpaired) electrons. The lowest BCUT2D eigenvalue weighted by atomic mass is 9.92. The molecule has 0 aliphatic carbocycles. The van der Waals surface area contributed by atoms with Gasteiger partial charge in [0.1, 0.15) is 10.7 Å². The zero-order chi connectivity index (χ0) is 23.2. The molecule has 3 aromatic rings. The van der Waals surface area contributed by atoms with Gasteiger partial charge < -0.3 is 15.6 Å². The predicted octanol–water partition coefficient (Wildman–Crippen LogP) is 4.55. The first kappa shape index (κ1) is 22.0. The summed E-state index contributed by atoms with van der Waals surface area (Å²) in [4.78, 5) is 6.03. The van der Waals surface area contributed by atoms with Gasteiger partial charge in [0.2, 0.25) is 0 Å². The molecular formula is C25H31N5O2S. The highest BCUT2D eigenvalue weighted by Crippen LogP contribution is 2.29. The molecule has 1 aromatic heterocycles. The minimum Gasteiger partial charge on any atom is -0.382 e. The van der Waals surface area contributed by atoms with E-state index in [4.69, 9.17) is 0 Å². The standard InChI is InChI=1S/C25H31N5O2S/c1-25(2,3)23-15-17-14-19(8-9-20(17)27-23)26-18-10-12-30(13-11-18)16-24-28-21-6-4-5-7-22(21)33(31,32)29-24/h4-9,14-15,18,26-27H,10-13,16H2,1-3H3,(H,28,29). The van der Waals surface area contributed by atoms with Gasteiger partial charge >= 0.3 is 0 Å². The van der Waals surface area contributed by atoms with E-state index in [1.165, 1.54) is 11.1 Å². The number of H-pyrrole nitrogens is 1. The maximum Gasteiger partial charge on any atom is 0.286 e. The highest BCUT2D eigenvalue weighted by molar-refractivity contribution is 7.90. The van der Waals surface area contributed by atoms with Gasteiger partial charge in [-0.2, -0.15) is 8.42 Å². The second-order valence-electron chi connectivity index (χ2n) is 10.1. The number of para-hydroxylation sites is 1. The second kappa shape index (κ2) is 8.18. The predicted molar refractivity (Wildman–Crippen MR) is 135 cm³/mol. The van der Waals surface area contributed by atoms with Gasteiger partial charge in [0.15, 0.2) is 0 Å². The third-order valence-corrected chi connectivity index (χ3v) is 7.81. The van der Waals surface area contributed by atoms with Crippen LogP contribution in [-0.4, -0.2) is 49.8 Å². The average Bonchev–Trinajstić information content (AvgIpc) is 3.19. The van der Waals surface area contributed by atoms with Crippen LogP contribution in [0.2, 0.25) is 0 Å². The lowest BCUT2D eigenvalue weighted by molar-refractivity contribution is 0.246. The van der Waals surface area contributed by atoms with Crippen LogP contribution in [0.15, 0.2) is 57.8 Å². The van der Waals surface area contributed by atoms with E-state index in [0.29, 0.717) is 24.1 Å². The summed E-state index contributed by atoms with van der Waals surface area (Å²) in [6.45, 7) is 8.93. The van der Waals surface area contributed by atoms with E-state index in [1.807, 2.05) is 6.07 Å². The molecule has 2 aromatic carbocycles. The summed E-state index contributed by atoms with van der Waals surface area (Å²) in [7, 11) is -3.64. The zero-order valence-electron chi connectivity index (χ0n) is 19.4. The third kappa shape index (κ3) is 4.63. The van der Waals surface area contributed by atoms with Crippen LogP contribution in [0.5, 0.6) is 0 Å². The molecule has 0 unspecified atom stereocenters. The Balaban J connectivity index is 1.19. The Bertz CT molecular complexity index is 1310. The molecule has 8 heteroatoms. The maximum atomic E-state index is 12.5. The third-order valence-electron chi connectivity index (χ3n) is 6.43. The molecule has 2 aliphatic heterocycles. The van der Waals surface area contributed by atoms with Crippen LogP contribution in [0.1, 0.15) is 39.3 Å². The molecule has 1 fully saturated rings. The minimum atomic E-state index is -3.64. The number of aromatic amines is 1. The Kier molecular flexibility index (Phi) is 5.45. The lowest BCUT2D eigenvalue weighted by Gasteiger charge is -2.33. The van der Waals surface area contributed by atoms with E-state index in [9.17, 15) is 8.42 Å². The van der Waals surface area contributed by atoms with Crippen LogP contribution in [-0.2, 0) is 15.4 Å². The number of aromatic nitrogens is 1. The van der Waals surface area contributed by atoms with Gasteiger partial charge in [-0.1, -0.05) is 32.9 Å². The van der Waals surface area contributed by atoms with E-state index < -0.39 is 10.0 Å². The van der Waals surface area contributed by atoms with Gasteiger partial charge in [-0.25, -0.2) is 0 Å². The number of likely N-dealkylation sites (tertiary alicyclic amines) is 1. The number of sulfonamides is 1. The Morgan fingerprint density at radius 2 is 1.85 bits per heavy atom. The number of fused-ring (bicyclic) bond motifs is 2. The summed E-state index contributed by atoms with van der Waals surface area (Å²) < 4.78 is 28.9. The first-order valence-corrected chi connectivity index (χ1v) is 12.9. The van der Waals surface area contributed by atoms with Gasteiger partial charge in [-0.15, -0.1) is 4.40 Å². The molecule has 0 spiro atoms. The Hall–Kier alpha value is -2.84. The van der Waals surface area contributed by atoms with Crippen molar-refractivity contribution < 1.29 is 8.42 Å². The van der Waals surface area contributed by atoms with Crippen molar-refractivity contribution in [1.82, 2.24) is 9.88 Å². The van der Waals surface area contributed by atoms with Crippen LogP contribution >= 0.6 is 0 Å². The smallest absolute Gasteiger partial charge is 0.286 e. The summed E-state index contributed by atoms with van der Waals surface area (Å²) >= 11 is 0. The van der Waals surface area contributed by atoms with Gasteiger partial charge in [0.05, 0.1) is 12.2 Å². The highest BCUT2D eigenvalue weighted by Gasteiger charge is 2.27. The zero-order valence-corrected chi connectivity index (χ0v) is 20.2. The van der Waals surface area contributed by atoms with Crippen molar-refractivity contribution in [3.05, 3.63) is 54.2 Å². The summed E-state index contributed by atoms with van der Waals surface area (Å²) in [5.41, 5.74) is 4.25. The van der Waals surface area contributed by atoms with Gasteiger partial charge in [-0.3, -0.25) is 4.90 Å². The fourth-order valence-corrected chi connectivity index (χ4v) is 5.68. The van der Waals surface area contributed by atoms with E-state index in [2.05, 4.69) is 70.0 Å². The SMILES string of the molecule is CC(C)(C)c1cc2cc(NC3CCN(CC4=NS(=O)(=O)c5ccccc5N4)CC3)ccc2[nH]1. The van der Waals surface area contributed by atoms with Gasteiger partial charge in [-0.05, 0) is 49.2 Å². The fourth-order valence-electron chi connectivity index (χ4n) is 4.55. The molecule has 0 amide bonds. The normalized spacial score (nSPS) is 19.1. The molecule has 1 saturated heterocycles. The highest BCUT2D eigenvalue weighted by atomic mass is 32.2. The van der Waals surface area contributed by atoms with Crippen LogP contribution in [0, 0.1) is 0 Å². The van der Waals surface area contributed by atoms with Crippen molar-refractivity contribution in [2.24, 2.45) is 4.40 Å². The Morgan fingerprint density at radius 1 is 1.09 bits per heavy atom. The van der Waals surface area contributed by atoms with E-state index >= 15 is 0 Å². The molecule has 0 saturated carbocycles. The van der Waals surface area contributed by atoms with Crippen molar-refractivity contribution in [3.8, 4) is 0 Å². The molecule has 174 valence electrons. The van der Waals surface area contributed by atoms with E-state index in [-0.39, 0.29) is 10.3 Å². The van der Waals surface area contributed by atoms with Crippen molar-refractivity contribution >= 4 is 38.1 Å². The first-order valence-electron chi connectivity index (χ1n) is 11.5. The first-order chi connectivity index (χ1) is 15.7. The Morgan fingerprint density at radius 3 is 2.61 bits per heavy atom. The number of hydrogen-bond donors (Lipinski definition) is 3. The molecular weight excluding hydrogens is 434 g/mol. The molecule has 5 rings (SSSR count). The molecule has 33 heavy (non-hydrogen) atoms. The summed E-state index contributed by atoms with van der Waals surface area (Å²) in [5.74, 6) is 0.493. The molecule has 0 atom stereocenters. The fraction of sp³-hybridized carbons (Fsp3) is 0.400. The van der Waals surface area contributed by atoms with E-state index in [0.717, 1.165) is 37.1 Å². The number of amidine groups is 1. The van der Waals surface area contributed by atoms with Crippen molar-refractivity contribution in [2.75, 3.05) is 30.3 Å². The number of hydrogen-bond acceptors (Lipinski definition) is 5. The number of anilines is 2. The van der Waals surface area contributed by atoms with Gasteiger partial charge in [0, 0.05) is 46.8 Å². The summed E-state index contributed by atoms with van der Waals surface area (Å²) in [6.07, 6.45) is 1.99. The number of benzene rings is 2. The van der Waals surface area contributed by atoms with Crippen LogP contribution in [0.25, 0.3) is 10.9 Å². The minimum absolute atomic E-state index is 0.0956. The van der Waals surface area contributed by atoms with Crippen LogP contribution < -0.4 is 10.6 Å². The van der Waals surface area contributed by atoms with Crippen molar-refractivity contribution in [2.45, 2.75) is 50.0 Å². The quantitative estimate of drug-likeness (QED) is 0.526. The number of nitrogens with one attached hydrogen (secondary N) is 3. The largest absolute Gasteiger partial charge is 0.382 e. The topological polar surface area (TPSA) is 89.6 Å². The van der Waals surface area contributed by atoms with Crippen molar-refractivity contribution in [3.63, 3.8) is 0 Å². The average molecular weight is 466 g/mol. The maximum absolute atomic E-state index is 12.5. The number of rotatable bonds is 4. The lowest BCUT2D eigenvalue weighted by Crippen LogP contribution is -2.43. The Labute approximate surface area is 195 Å².